The van der Waals surface area contributed by atoms with Gasteiger partial charge in [-0.25, -0.2) is 9.37 Å². The van der Waals surface area contributed by atoms with Crippen molar-refractivity contribution >= 4 is 22.6 Å². The minimum Gasteiger partial charge on any atom is -0.370 e. The molecule has 0 aliphatic rings. The summed E-state index contributed by atoms with van der Waals surface area (Å²) in [6.45, 7) is -1.21. The quantitative estimate of drug-likeness (QED) is 0.462. The zero-order valence-electron chi connectivity index (χ0n) is 11.0. The zero-order valence-corrected chi connectivity index (χ0v) is 11.7. The van der Waals surface area contributed by atoms with Crippen LogP contribution >= 0.6 is 11.6 Å². The van der Waals surface area contributed by atoms with Crippen LogP contribution in [0.2, 0.25) is 0 Å². The number of aryl methyl sites for hydroxylation is 1. The van der Waals surface area contributed by atoms with Crippen LogP contribution in [0.3, 0.4) is 0 Å². The average Bonchev–Trinajstić information content (AvgIpc) is 2.71. The molecule has 0 N–H and O–H groups in total. The Bertz CT molecular complexity index is 612. The topological polar surface area (TPSA) is 27.1 Å². The van der Waals surface area contributed by atoms with Crippen LogP contribution in [0.4, 0.5) is 17.6 Å². The molecule has 0 amide bonds. The van der Waals surface area contributed by atoms with E-state index in [1.54, 1.807) is 10.6 Å². The highest BCUT2D eigenvalue weighted by atomic mass is 35.5. The van der Waals surface area contributed by atoms with Gasteiger partial charge in [0.05, 0.1) is 17.6 Å². The summed E-state index contributed by atoms with van der Waals surface area (Å²) >= 11 is 5.68. The second-order valence-corrected chi connectivity index (χ2v) is 4.80. The second-order valence-electron chi connectivity index (χ2n) is 4.42. The number of ether oxygens (including phenoxy) is 1. The molecule has 0 saturated carbocycles. The number of benzene rings is 1. The number of halogens is 5. The van der Waals surface area contributed by atoms with E-state index >= 15 is 0 Å². The lowest BCUT2D eigenvalue weighted by Crippen LogP contribution is -2.19. The maximum Gasteiger partial charge on any atom is 0.411 e. The number of imidazole rings is 1. The first-order chi connectivity index (χ1) is 9.90. The van der Waals surface area contributed by atoms with Crippen LogP contribution in [-0.4, -0.2) is 34.8 Å². The number of nitrogens with zero attached hydrogens (tertiary/aromatic N) is 2. The van der Waals surface area contributed by atoms with Crippen LogP contribution in [-0.2, 0) is 17.7 Å². The van der Waals surface area contributed by atoms with Gasteiger partial charge in [-0.05, 0) is 12.1 Å². The molecule has 2 rings (SSSR count). The molecule has 0 fully saturated rings. The van der Waals surface area contributed by atoms with Crippen molar-refractivity contribution in [2.75, 3.05) is 19.1 Å². The highest BCUT2D eigenvalue weighted by Gasteiger charge is 2.27. The van der Waals surface area contributed by atoms with Crippen molar-refractivity contribution in [1.29, 1.82) is 0 Å². The van der Waals surface area contributed by atoms with E-state index in [0.717, 1.165) is 0 Å². The predicted molar refractivity (Wildman–Crippen MR) is 71.0 cm³/mol. The molecule has 1 heterocycles. The molecule has 0 saturated heterocycles. The first-order valence-electron chi connectivity index (χ1n) is 6.26. The third-order valence-corrected chi connectivity index (χ3v) is 3.02. The van der Waals surface area contributed by atoms with E-state index in [4.69, 9.17) is 11.6 Å². The summed E-state index contributed by atoms with van der Waals surface area (Å²) in [5.41, 5.74) is 1.10. The standard InChI is InChI=1S/C13H13ClF4N2O/c14-4-3-12-19-10-7-9(15)1-2-11(10)20(12)5-6-21-8-13(16,17)18/h1-2,7H,3-6,8H2. The van der Waals surface area contributed by atoms with Gasteiger partial charge in [-0.15, -0.1) is 11.6 Å². The Labute approximate surface area is 123 Å². The monoisotopic (exact) mass is 324 g/mol. The fraction of sp³-hybridized carbons (Fsp3) is 0.462. The number of hydrogen-bond donors (Lipinski definition) is 0. The molecule has 21 heavy (non-hydrogen) atoms. The molecule has 8 heteroatoms. The molecule has 1 aromatic carbocycles. The summed E-state index contributed by atoms with van der Waals surface area (Å²) in [5.74, 6) is 0.494. The van der Waals surface area contributed by atoms with Gasteiger partial charge < -0.3 is 9.30 Å². The van der Waals surface area contributed by atoms with Crippen LogP contribution in [0.1, 0.15) is 5.82 Å². The smallest absolute Gasteiger partial charge is 0.370 e. The average molecular weight is 325 g/mol. The third kappa shape index (κ3) is 4.31. The maximum absolute atomic E-state index is 13.2. The molecule has 0 atom stereocenters. The molecular formula is C13H13ClF4N2O. The fourth-order valence-electron chi connectivity index (χ4n) is 2.02. The van der Waals surface area contributed by atoms with Gasteiger partial charge in [0.1, 0.15) is 18.2 Å². The molecule has 0 spiro atoms. The van der Waals surface area contributed by atoms with E-state index in [1.165, 1.54) is 12.1 Å². The summed E-state index contributed by atoms with van der Waals surface area (Å²) in [6.07, 6.45) is -3.91. The van der Waals surface area contributed by atoms with E-state index in [2.05, 4.69) is 9.72 Å². The Kier molecular flexibility index (Phi) is 5.05. The summed E-state index contributed by atoms with van der Waals surface area (Å²) in [5, 5.41) is 0. The van der Waals surface area contributed by atoms with Crippen molar-refractivity contribution in [3.8, 4) is 0 Å². The van der Waals surface area contributed by atoms with Gasteiger partial charge in [-0.1, -0.05) is 0 Å². The maximum atomic E-state index is 13.2. The van der Waals surface area contributed by atoms with Crippen LogP contribution in [0.25, 0.3) is 11.0 Å². The van der Waals surface area contributed by atoms with Gasteiger partial charge >= 0.3 is 6.18 Å². The third-order valence-electron chi connectivity index (χ3n) is 2.83. The number of rotatable bonds is 6. The van der Waals surface area contributed by atoms with Gasteiger partial charge in [0.25, 0.3) is 0 Å². The van der Waals surface area contributed by atoms with Crippen molar-refractivity contribution in [3.05, 3.63) is 29.8 Å². The van der Waals surface area contributed by atoms with Crippen molar-refractivity contribution < 1.29 is 22.3 Å². The number of aromatic nitrogens is 2. The second kappa shape index (κ2) is 6.62. The molecule has 3 nitrogen and oxygen atoms in total. The lowest BCUT2D eigenvalue weighted by Gasteiger charge is -2.10. The fourth-order valence-corrected chi connectivity index (χ4v) is 2.19. The number of alkyl halides is 4. The van der Waals surface area contributed by atoms with Gasteiger partial charge in [-0.2, -0.15) is 13.2 Å². The molecule has 0 aliphatic heterocycles. The minimum atomic E-state index is -4.35. The van der Waals surface area contributed by atoms with Gasteiger partial charge in [0, 0.05) is 24.9 Å². The van der Waals surface area contributed by atoms with Crippen molar-refractivity contribution in [3.63, 3.8) is 0 Å². The Hall–Kier alpha value is -1.34. The minimum absolute atomic E-state index is 0.113. The van der Waals surface area contributed by atoms with Gasteiger partial charge in [-0.3, -0.25) is 0 Å². The number of hydrogen-bond acceptors (Lipinski definition) is 2. The van der Waals surface area contributed by atoms with Crippen LogP contribution < -0.4 is 0 Å². The van der Waals surface area contributed by atoms with E-state index in [0.29, 0.717) is 29.2 Å². The van der Waals surface area contributed by atoms with Crippen LogP contribution in [0.5, 0.6) is 0 Å². The van der Waals surface area contributed by atoms with Crippen molar-refractivity contribution in [2.45, 2.75) is 19.1 Å². The normalized spacial score (nSPS) is 12.2. The van der Waals surface area contributed by atoms with Crippen LogP contribution in [0, 0.1) is 5.82 Å². The van der Waals surface area contributed by atoms with Gasteiger partial charge in [0.2, 0.25) is 0 Å². The molecule has 1 aromatic heterocycles. The van der Waals surface area contributed by atoms with Crippen molar-refractivity contribution in [2.24, 2.45) is 0 Å². The first-order valence-corrected chi connectivity index (χ1v) is 6.79. The first kappa shape index (κ1) is 16.0. The van der Waals surface area contributed by atoms with E-state index in [9.17, 15) is 17.6 Å². The van der Waals surface area contributed by atoms with Crippen LogP contribution in [0.15, 0.2) is 18.2 Å². The summed E-state index contributed by atoms with van der Waals surface area (Å²) < 4.78 is 55.5. The molecule has 2 aromatic rings. The lowest BCUT2D eigenvalue weighted by molar-refractivity contribution is -0.174. The Morgan fingerprint density at radius 2 is 2.05 bits per heavy atom. The highest BCUT2D eigenvalue weighted by Crippen LogP contribution is 2.19. The highest BCUT2D eigenvalue weighted by molar-refractivity contribution is 6.17. The SMILES string of the molecule is Fc1ccc2c(c1)nc(CCCl)n2CCOCC(F)(F)F. The van der Waals surface area contributed by atoms with Gasteiger partial charge in [0.15, 0.2) is 0 Å². The molecular weight excluding hydrogens is 312 g/mol. The largest absolute Gasteiger partial charge is 0.411 e. The van der Waals surface area contributed by atoms with E-state index in [1.807, 2.05) is 0 Å². The summed E-state index contributed by atoms with van der Waals surface area (Å²) in [7, 11) is 0. The Morgan fingerprint density at radius 1 is 1.29 bits per heavy atom. The molecule has 0 unspecified atom stereocenters. The Balaban J connectivity index is 2.14. The summed E-state index contributed by atoms with van der Waals surface area (Å²) in [6, 6.07) is 4.10. The molecule has 0 aliphatic carbocycles. The number of fused-ring (bicyclic) bond motifs is 1. The molecule has 0 radical (unpaired) electrons. The zero-order chi connectivity index (χ0) is 15.5. The van der Waals surface area contributed by atoms with E-state index in [-0.39, 0.29) is 13.2 Å². The summed E-state index contributed by atoms with van der Waals surface area (Å²) in [4.78, 5) is 4.25. The molecule has 116 valence electrons. The molecule has 0 bridgehead atoms. The van der Waals surface area contributed by atoms with E-state index < -0.39 is 18.6 Å². The lowest BCUT2D eigenvalue weighted by atomic mass is 10.3. The Morgan fingerprint density at radius 3 is 2.71 bits per heavy atom. The predicted octanol–water partition coefficient (Wildman–Crippen LogP) is 3.54. The van der Waals surface area contributed by atoms with Crippen molar-refractivity contribution in [1.82, 2.24) is 9.55 Å².